The summed E-state index contributed by atoms with van der Waals surface area (Å²) in [4.78, 5) is 14.3. The molecule has 0 bridgehead atoms. The van der Waals surface area contributed by atoms with Crippen LogP contribution in [0.4, 0.5) is 0 Å². The van der Waals surface area contributed by atoms with Gasteiger partial charge in [0.05, 0.1) is 6.61 Å². The first-order chi connectivity index (χ1) is 7.27. The van der Waals surface area contributed by atoms with E-state index >= 15 is 0 Å². The number of H-pyrrole nitrogens is 1. The van der Waals surface area contributed by atoms with Gasteiger partial charge in [-0.15, -0.1) is 0 Å². The van der Waals surface area contributed by atoms with Crippen molar-refractivity contribution in [2.45, 2.75) is 39.5 Å². The van der Waals surface area contributed by atoms with Gasteiger partial charge in [0, 0.05) is 6.20 Å². The van der Waals surface area contributed by atoms with E-state index in [1.54, 1.807) is 0 Å². The predicted octanol–water partition coefficient (Wildman–Crippen LogP) is 2.92. The fourth-order valence-electron chi connectivity index (χ4n) is 1.49. The van der Waals surface area contributed by atoms with E-state index in [0.717, 1.165) is 6.42 Å². The summed E-state index contributed by atoms with van der Waals surface area (Å²) >= 11 is 0. The summed E-state index contributed by atoms with van der Waals surface area (Å²) in [6.45, 7) is 4.41. The molecule has 0 unspecified atom stereocenters. The zero-order chi connectivity index (χ0) is 11.1. The number of aromatic nitrogens is 1. The van der Waals surface area contributed by atoms with Crippen LogP contribution in [-0.4, -0.2) is 17.6 Å². The molecule has 3 heteroatoms. The van der Waals surface area contributed by atoms with Crippen LogP contribution >= 0.6 is 0 Å². The number of esters is 1. The van der Waals surface area contributed by atoms with E-state index in [2.05, 4.69) is 11.9 Å². The van der Waals surface area contributed by atoms with Gasteiger partial charge in [-0.2, -0.15) is 0 Å². The number of unbranched alkanes of at least 4 members (excludes halogenated alkanes) is 2. The molecule has 1 rings (SSSR count). The number of carbonyl (C=O) groups excluding carboxylic acids is 1. The monoisotopic (exact) mass is 209 g/mol. The highest BCUT2D eigenvalue weighted by atomic mass is 16.5. The molecule has 0 aliphatic heterocycles. The van der Waals surface area contributed by atoms with Crippen LogP contribution in [-0.2, 0) is 11.2 Å². The second-order valence-electron chi connectivity index (χ2n) is 3.60. The number of hydrogen-bond acceptors (Lipinski definition) is 2. The van der Waals surface area contributed by atoms with Crippen molar-refractivity contribution in [3.05, 3.63) is 23.5 Å². The highest BCUT2D eigenvalue weighted by Gasteiger charge is 2.08. The average Bonchev–Trinajstić information content (AvgIpc) is 2.67. The fraction of sp³-hybridized carbons (Fsp3) is 0.583. The Labute approximate surface area is 90.8 Å². The SMILES string of the molecule is CCCCCc1c[nH]c(C(=O)OCC)c1. The lowest BCUT2D eigenvalue weighted by molar-refractivity contribution is 0.0520. The summed E-state index contributed by atoms with van der Waals surface area (Å²) in [6.07, 6.45) is 6.55. The Morgan fingerprint density at radius 2 is 2.20 bits per heavy atom. The third kappa shape index (κ3) is 3.78. The van der Waals surface area contributed by atoms with Gasteiger partial charge in [0.2, 0.25) is 0 Å². The molecule has 1 aromatic heterocycles. The van der Waals surface area contributed by atoms with Crippen LogP contribution in [0.2, 0.25) is 0 Å². The van der Waals surface area contributed by atoms with E-state index in [0.29, 0.717) is 12.3 Å². The van der Waals surface area contributed by atoms with Gasteiger partial charge >= 0.3 is 5.97 Å². The molecule has 0 aliphatic rings. The normalized spacial score (nSPS) is 10.3. The second kappa shape index (κ2) is 6.27. The highest BCUT2D eigenvalue weighted by molar-refractivity contribution is 5.87. The molecule has 1 aromatic rings. The van der Waals surface area contributed by atoms with Crippen LogP contribution in [0.1, 0.15) is 49.2 Å². The summed E-state index contributed by atoms with van der Waals surface area (Å²) in [5, 5.41) is 0. The van der Waals surface area contributed by atoms with Crippen LogP contribution in [0.3, 0.4) is 0 Å². The number of ether oxygens (including phenoxy) is 1. The third-order valence-corrected chi connectivity index (χ3v) is 2.31. The van der Waals surface area contributed by atoms with Gasteiger partial charge in [0.15, 0.2) is 0 Å². The van der Waals surface area contributed by atoms with Crippen molar-refractivity contribution in [1.82, 2.24) is 4.98 Å². The molecular formula is C12H19NO2. The van der Waals surface area contributed by atoms with Crippen molar-refractivity contribution < 1.29 is 9.53 Å². The van der Waals surface area contributed by atoms with Crippen molar-refractivity contribution >= 4 is 5.97 Å². The first-order valence-electron chi connectivity index (χ1n) is 5.62. The van der Waals surface area contributed by atoms with Gasteiger partial charge in [-0.25, -0.2) is 4.79 Å². The minimum Gasteiger partial charge on any atom is -0.461 e. The quantitative estimate of drug-likeness (QED) is 0.578. The third-order valence-electron chi connectivity index (χ3n) is 2.31. The van der Waals surface area contributed by atoms with Gasteiger partial charge in [0.25, 0.3) is 0 Å². The molecule has 0 saturated heterocycles. The maximum absolute atomic E-state index is 11.3. The molecule has 3 nitrogen and oxygen atoms in total. The van der Waals surface area contributed by atoms with Crippen LogP contribution < -0.4 is 0 Å². The van der Waals surface area contributed by atoms with Crippen molar-refractivity contribution in [3.8, 4) is 0 Å². The molecule has 0 fully saturated rings. The fourth-order valence-corrected chi connectivity index (χ4v) is 1.49. The van der Waals surface area contributed by atoms with Crippen LogP contribution in [0.5, 0.6) is 0 Å². The van der Waals surface area contributed by atoms with Crippen LogP contribution in [0, 0.1) is 0 Å². The topological polar surface area (TPSA) is 42.1 Å². The molecule has 0 atom stereocenters. The van der Waals surface area contributed by atoms with Gasteiger partial charge in [-0.3, -0.25) is 0 Å². The molecule has 15 heavy (non-hydrogen) atoms. The molecule has 1 heterocycles. The molecule has 0 radical (unpaired) electrons. The van der Waals surface area contributed by atoms with Gasteiger partial charge in [-0.1, -0.05) is 19.8 Å². The van der Waals surface area contributed by atoms with E-state index < -0.39 is 0 Å². The molecule has 0 saturated carbocycles. The lowest BCUT2D eigenvalue weighted by Gasteiger charge is -1.97. The van der Waals surface area contributed by atoms with E-state index in [1.165, 1.54) is 24.8 Å². The average molecular weight is 209 g/mol. The molecule has 1 N–H and O–H groups in total. The maximum Gasteiger partial charge on any atom is 0.354 e. The van der Waals surface area contributed by atoms with Gasteiger partial charge in [0.1, 0.15) is 5.69 Å². The number of hydrogen-bond donors (Lipinski definition) is 1. The van der Waals surface area contributed by atoms with Gasteiger partial charge in [-0.05, 0) is 31.4 Å². The first kappa shape index (κ1) is 11.8. The Kier molecular flexibility index (Phi) is 4.95. The standard InChI is InChI=1S/C12H19NO2/c1-3-5-6-7-10-8-11(13-9-10)12(14)15-4-2/h8-9,13H,3-7H2,1-2H3. The Bertz CT molecular complexity index is 304. The minimum atomic E-state index is -0.265. The molecule has 0 amide bonds. The summed E-state index contributed by atoms with van der Waals surface area (Å²) in [5.41, 5.74) is 1.75. The van der Waals surface area contributed by atoms with E-state index in [1.807, 2.05) is 19.2 Å². The van der Waals surface area contributed by atoms with Gasteiger partial charge < -0.3 is 9.72 Å². The number of rotatable bonds is 6. The first-order valence-corrected chi connectivity index (χ1v) is 5.62. The Morgan fingerprint density at radius 3 is 2.87 bits per heavy atom. The molecule has 0 aliphatic carbocycles. The lowest BCUT2D eigenvalue weighted by Crippen LogP contribution is -2.04. The molecule has 0 aromatic carbocycles. The summed E-state index contributed by atoms with van der Waals surface area (Å²) in [5.74, 6) is -0.265. The molecular weight excluding hydrogens is 190 g/mol. The largest absolute Gasteiger partial charge is 0.461 e. The number of aryl methyl sites for hydroxylation is 1. The lowest BCUT2D eigenvalue weighted by atomic mass is 10.1. The molecule has 0 spiro atoms. The number of nitrogens with one attached hydrogen (secondary N) is 1. The second-order valence-corrected chi connectivity index (χ2v) is 3.60. The highest BCUT2D eigenvalue weighted by Crippen LogP contribution is 2.09. The Morgan fingerprint density at radius 1 is 1.40 bits per heavy atom. The van der Waals surface area contributed by atoms with Crippen LogP contribution in [0.25, 0.3) is 0 Å². The van der Waals surface area contributed by atoms with E-state index in [9.17, 15) is 4.79 Å². The van der Waals surface area contributed by atoms with E-state index in [-0.39, 0.29) is 5.97 Å². The van der Waals surface area contributed by atoms with Crippen molar-refractivity contribution in [2.75, 3.05) is 6.61 Å². The summed E-state index contributed by atoms with van der Waals surface area (Å²) < 4.78 is 4.90. The maximum atomic E-state index is 11.3. The zero-order valence-electron chi connectivity index (χ0n) is 9.51. The number of carbonyl (C=O) groups is 1. The van der Waals surface area contributed by atoms with Crippen molar-refractivity contribution in [3.63, 3.8) is 0 Å². The summed E-state index contributed by atoms with van der Waals surface area (Å²) in [6, 6.07) is 1.88. The van der Waals surface area contributed by atoms with Crippen LogP contribution in [0.15, 0.2) is 12.3 Å². The predicted molar refractivity (Wildman–Crippen MR) is 60.0 cm³/mol. The smallest absolute Gasteiger partial charge is 0.354 e. The Balaban J connectivity index is 2.45. The van der Waals surface area contributed by atoms with Crippen molar-refractivity contribution in [1.29, 1.82) is 0 Å². The Hall–Kier alpha value is -1.25. The number of aromatic amines is 1. The molecule has 84 valence electrons. The zero-order valence-corrected chi connectivity index (χ0v) is 9.51. The minimum absolute atomic E-state index is 0.265. The van der Waals surface area contributed by atoms with Crippen molar-refractivity contribution in [2.24, 2.45) is 0 Å². The van der Waals surface area contributed by atoms with E-state index in [4.69, 9.17) is 4.74 Å². The summed E-state index contributed by atoms with van der Waals surface area (Å²) in [7, 11) is 0.